The lowest BCUT2D eigenvalue weighted by Crippen LogP contribution is -2.46. The largest absolute Gasteiger partial charge is 0.870 e. The quantitative estimate of drug-likeness (QED) is 0.183. The van der Waals surface area contributed by atoms with Crippen LogP contribution in [-0.4, -0.2) is 25.6 Å². The maximum absolute atomic E-state index is 2.47. The summed E-state index contributed by atoms with van der Waals surface area (Å²) < 4.78 is 1.13. The third-order valence-corrected chi connectivity index (χ3v) is 6.14. The van der Waals surface area contributed by atoms with E-state index in [-0.39, 0.29) is 5.48 Å². The van der Waals surface area contributed by atoms with Crippen molar-refractivity contribution >= 4 is 5.69 Å². The first kappa shape index (κ1) is 27.1. The zero-order valence-electron chi connectivity index (χ0n) is 19.3. The van der Waals surface area contributed by atoms with Crippen LogP contribution < -0.4 is 4.48 Å². The maximum Gasteiger partial charge on any atom is 0.132 e. The average molecular weight is 392 g/mol. The van der Waals surface area contributed by atoms with E-state index in [1.807, 2.05) is 0 Å². The molecule has 2 nitrogen and oxygen atoms in total. The van der Waals surface area contributed by atoms with Gasteiger partial charge >= 0.3 is 0 Å². The Morgan fingerprint density at radius 2 is 0.893 bits per heavy atom. The normalized spacial score (nSPS) is 13.1. The summed E-state index contributed by atoms with van der Waals surface area (Å²) in [6.07, 6.45) is 21.1. The fourth-order valence-electron chi connectivity index (χ4n) is 4.17. The molecule has 0 saturated carbocycles. The second-order valence-electron chi connectivity index (χ2n) is 8.77. The molecule has 1 rings (SSSR count). The molecule has 0 amide bonds. The number of hydrogen-bond donors (Lipinski definition) is 0. The van der Waals surface area contributed by atoms with Crippen molar-refractivity contribution < 1.29 is 5.48 Å². The summed E-state index contributed by atoms with van der Waals surface area (Å²) in [5.41, 5.74) is 1.51. The predicted molar refractivity (Wildman–Crippen MR) is 126 cm³/mol. The first-order valence-corrected chi connectivity index (χ1v) is 12.1. The van der Waals surface area contributed by atoms with Gasteiger partial charge in [-0.15, -0.1) is 0 Å². The van der Waals surface area contributed by atoms with Crippen LogP contribution >= 0.6 is 0 Å². The molecule has 0 fully saturated rings. The van der Waals surface area contributed by atoms with Gasteiger partial charge in [0.2, 0.25) is 0 Å². The van der Waals surface area contributed by atoms with E-state index in [4.69, 9.17) is 0 Å². The van der Waals surface area contributed by atoms with Crippen molar-refractivity contribution in [1.82, 2.24) is 4.48 Å². The van der Waals surface area contributed by atoms with E-state index in [0.29, 0.717) is 0 Å². The van der Waals surface area contributed by atoms with Gasteiger partial charge in [0.15, 0.2) is 0 Å². The number of quaternary nitrogens is 1. The standard InChI is InChI=1S/C26H48N.H2O/c1-4-6-8-10-12-14-16-21-25-27(3,26-22-18-17-19-23-26)24-20-15-13-11-9-7-5-2;/h17-19,22-23H,4-16,20-21,24-25H2,1-3H3;1H2/q+1;/p-1. The van der Waals surface area contributed by atoms with Gasteiger partial charge in [0, 0.05) is 0 Å². The summed E-state index contributed by atoms with van der Waals surface area (Å²) in [6.45, 7) is 7.20. The fraction of sp³-hybridized carbons (Fsp3) is 0.769. The Hall–Kier alpha value is -0.860. The number of para-hydroxylation sites is 1. The molecular weight excluding hydrogens is 342 g/mol. The molecule has 0 aliphatic rings. The van der Waals surface area contributed by atoms with Crippen LogP contribution in [0.1, 0.15) is 110 Å². The summed E-state index contributed by atoms with van der Waals surface area (Å²) in [7, 11) is 2.47. The highest BCUT2D eigenvalue weighted by atomic mass is 16.0. The van der Waals surface area contributed by atoms with Crippen molar-refractivity contribution in [2.24, 2.45) is 0 Å². The van der Waals surface area contributed by atoms with Crippen molar-refractivity contribution in [3.8, 4) is 0 Å². The zero-order valence-corrected chi connectivity index (χ0v) is 19.3. The van der Waals surface area contributed by atoms with Crippen LogP contribution in [0.4, 0.5) is 5.69 Å². The highest BCUT2D eigenvalue weighted by Crippen LogP contribution is 2.23. The monoisotopic (exact) mass is 391 g/mol. The van der Waals surface area contributed by atoms with Gasteiger partial charge in [0.05, 0.1) is 20.1 Å². The van der Waals surface area contributed by atoms with Crippen molar-refractivity contribution in [3.63, 3.8) is 0 Å². The van der Waals surface area contributed by atoms with Crippen LogP contribution in [0.3, 0.4) is 0 Å². The van der Waals surface area contributed by atoms with Crippen LogP contribution in [0.2, 0.25) is 0 Å². The lowest BCUT2D eigenvalue weighted by molar-refractivity contribution is 0.310. The van der Waals surface area contributed by atoms with Gasteiger partial charge in [-0.05, 0) is 37.8 Å². The molecule has 2 heteroatoms. The van der Waals surface area contributed by atoms with Gasteiger partial charge in [-0.3, -0.25) is 4.48 Å². The Morgan fingerprint density at radius 3 is 1.29 bits per heavy atom. The first-order chi connectivity index (χ1) is 13.2. The molecule has 0 spiro atoms. The number of benzene rings is 1. The molecule has 1 aromatic carbocycles. The van der Waals surface area contributed by atoms with E-state index >= 15 is 0 Å². The van der Waals surface area contributed by atoms with E-state index in [2.05, 4.69) is 51.2 Å². The van der Waals surface area contributed by atoms with Gasteiger partial charge in [-0.1, -0.05) is 103 Å². The van der Waals surface area contributed by atoms with E-state index in [9.17, 15) is 0 Å². The molecule has 0 heterocycles. The van der Waals surface area contributed by atoms with Gasteiger partial charge in [-0.2, -0.15) is 0 Å². The van der Waals surface area contributed by atoms with Gasteiger partial charge in [0.25, 0.3) is 0 Å². The summed E-state index contributed by atoms with van der Waals surface area (Å²) >= 11 is 0. The summed E-state index contributed by atoms with van der Waals surface area (Å²) in [5.74, 6) is 0. The number of nitrogens with zero attached hydrogens (tertiary/aromatic N) is 1. The molecule has 1 unspecified atom stereocenters. The van der Waals surface area contributed by atoms with Gasteiger partial charge in [-0.25, -0.2) is 0 Å². The molecule has 0 radical (unpaired) electrons. The molecule has 1 N–H and O–H groups in total. The highest BCUT2D eigenvalue weighted by molar-refractivity contribution is 5.41. The molecule has 0 aromatic heterocycles. The molecule has 164 valence electrons. The van der Waals surface area contributed by atoms with E-state index in [1.54, 1.807) is 0 Å². The molecule has 1 atom stereocenters. The molecule has 0 aliphatic heterocycles. The zero-order chi connectivity index (χ0) is 19.6. The van der Waals surface area contributed by atoms with E-state index in [0.717, 1.165) is 4.48 Å². The Morgan fingerprint density at radius 1 is 0.536 bits per heavy atom. The minimum atomic E-state index is 0. The maximum atomic E-state index is 2.47. The lowest BCUT2D eigenvalue weighted by Gasteiger charge is -2.34. The first-order valence-electron chi connectivity index (χ1n) is 12.1. The second kappa shape index (κ2) is 18.2. The molecular formula is C26H49NO. The molecule has 0 bridgehead atoms. The second-order valence-corrected chi connectivity index (χ2v) is 8.77. The lowest BCUT2D eigenvalue weighted by atomic mass is 10.1. The van der Waals surface area contributed by atoms with Crippen molar-refractivity contribution in [2.45, 2.75) is 110 Å². The third kappa shape index (κ3) is 12.6. The van der Waals surface area contributed by atoms with Crippen LogP contribution in [0.15, 0.2) is 30.3 Å². The summed E-state index contributed by atoms with van der Waals surface area (Å²) in [5, 5.41) is 0. The minimum absolute atomic E-state index is 0. The number of rotatable bonds is 18. The van der Waals surface area contributed by atoms with Crippen molar-refractivity contribution in [1.29, 1.82) is 0 Å². The smallest absolute Gasteiger partial charge is 0.132 e. The Kier molecular flexibility index (Phi) is 17.6. The molecule has 1 aromatic rings. The predicted octanol–water partition coefficient (Wildman–Crippen LogP) is 8.34. The van der Waals surface area contributed by atoms with E-state index < -0.39 is 0 Å². The molecule has 28 heavy (non-hydrogen) atoms. The summed E-state index contributed by atoms with van der Waals surface area (Å²) in [6, 6.07) is 11.3. The third-order valence-electron chi connectivity index (χ3n) is 6.14. The van der Waals surface area contributed by atoms with Gasteiger partial charge < -0.3 is 5.48 Å². The average Bonchev–Trinajstić information content (AvgIpc) is 2.70. The van der Waals surface area contributed by atoms with Crippen molar-refractivity contribution in [2.75, 3.05) is 20.1 Å². The van der Waals surface area contributed by atoms with Crippen molar-refractivity contribution in [3.05, 3.63) is 30.3 Å². The Bertz CT molecular complexity index is 433. The Labute approximate surface area is 176 Å². The van der Waals surface area contributed by atoms with Gasteiger partial charge in [0.1, 0.15) is 5.69 Å². The van der Waals surface area contributed by atoms with Crippen LogP contribution in [0.5, 0.6) is 0 Å². The number of unbranched alkanes of at least 4 members (excludes halogenated alkanes) is 13. The number of hydrogen-bond acceptors (Lipinski definition) is 1. The summed E-state index contributed by atoms with van der Waals surface area (Å²) in [4.78, 5) is 0. The molecule has 0 saturated heterocycles. The van der Waals surface area contributed by atoms with Crippen LogP contribution in [0, 0.1) is 0 Å². The SMILES string of the molecule is CCCCCCCCCC[N+](C)(CCCCCCCCC)c1ccccc1.[OH-]. The fourth-order valence-corrected chi connectivity index (χ4v) is 4.17. The van der Waals surface area contributed by atoms with E-state index in [1.165, 1.54) is 115 Å². The van der Waals surface area contributed by atoms with Crippen LogP contribution in [0.25, 0.3) is 0 Å². The topological polar surface area (TPSA) is 30.0 Å². The van der Waals surface area contributed by atoms with Crippen LogP contribution in [-0.2, 0) is 0 Å². The minimum Gasteiger partial charge on any atom is -0.870 e. The molecule has 0 aliphatic carbocycles. The highest BCUT2D eigenvalue weighted by Gasteiger charge is 2.23. The Balaban J connectivity index is 0.00000729.